The lowest BCUT2D eigenvalue weighted by Gasteiger charge is -2.14. The van der Waals surface area contributed by atoms with Crippen molar-refractivity contribution < 1.29 is 18.7 Å². The lowest BCUT2D eigenvalue weighted by Crippen LogP contribution is -2.30. The molecule has 0 saturated carbocycles. The van der Waals surface area contributed by atoms with Crippen LogP contribution in [-0.2, 0) is 0 Å². The average Bonchev–Trinajstić information content (AvgIpc) is 2.66. The van der Waals surface area contributed by atoms with E-state index < -0.39 is 18.9 Å². The van der Waals surface area contributed by atoms with Gasteiger partial charge >= 0.3 is 0 Å². The third-order valence-corrected chi connectivity index (χ3v) is 3.31. The predicted molar refractivity (Wildman–Crippen MR) is 66.0 cm³/mol. The summed E-state index contributed by atoms with van der Waals surface area (Å²) in [5.74, 6) is 4.76. The Bertz CT molecular complexity index is 488. The zero-order valence-electron chi connectivity index (χ0n) is 10.0. The highest BCUT2D eigenvalue weighted by Gasteiger charge is 2.18. The van der Waals surface area contributed by atoms with Gasteiger partial charge in [-0.05, 0) is 18.6 Å². The van der Waals surface area contributed by atoms with Crippen LogP contribution in [0.25, 0.3) is 0 Å². The number of hydrogen-bond acceptors (Lipinski definition) is 3. The molecule has 18 heavy (non-hydrogen) atoms. The Morgan fingerprint density at radius 1 is 1.61 bits per heavy atom. The number of rotatable bonds is 3. The van der Waals surface area contributed by atoms with Gasteiger partial charge in [-0.25, -0.2) is 8.78 Å². The number of aliphatic hydroxyl groups is 1. The highest BCUT2D eigenvalue weighted by Crippen LogP contribution is 2.22. The van der Waals surface area contributed by atoms with Crippen LogP contribution in [0.3, 0.4) is 0 Å². The summed E-state index contributed by atoms with van der Waals surface area (Å²) in [6.45, 7) is 0.932. The summed E-state index contributed by atoms with van der Waals surface area (Å²) < 4.78 is 24.3. The van der Waals surface area contributed by atoms with Crippen LogP contribution < -0.4 is 0 Å². The van der Waals surface area contributed by atoms with Crippen molar-refractivity contribution >= 4 is 17.2 Å². The maximum atomic E-state index is 12.2. The molecule has 0 bridgehead atoms. The number of nitrogens with zero attached hydrogens (tertiary/aromatic N) is 1. The standard InChI is InChI=1S/C12H13F2NO2S/c1-8-6-10(18-9(8)4-3-5-16)12(17)15(2)7-11(13)14/h6,11,16H,5,7H2,1-2H3. The van der Waals surface area contributed by atoms with Crippen molar-refractivity contribution in [2.75, 3.05) is 20.2 Å². The maximum Gasteiger partial charge on any atom is 0.263 e. The van der Waals surface area contributed by atoms with Crippen molar-refractivity contribution in [1.82, 2.24) is 4.90 Å². The minimum absolute atomic E-state index is 0.258. The number of alkyl halides is 2. The number of thiophene rings is 1. The Kier molecular flexibility index (Phi) is 5.25. The lowest BCUT2D eigenvalue weighted by atomic mass is 10.2. The van der Waals surface area contributed by atoms with E-state index in [1.54, 1.807) is 13.0 Å². The van der Waals surface area contributed by atoms with E-state index in [0.29, 0.717) is 9.75 Å². The Hall–Kier alpha value is -1.45. The summed E-state index contributed by atoms with van der Waals surface area (Å²) in [7, 11) is 1.34. The van der Waals surface area contributed by atoms with Crippen LogP contribution in [0, 0.1) is 18.8 Å². The first-order valence-corrected chi connectivity index (χ1v) is 6.01. The number of aryl methyl sites for hydroxylation is 1. The fourth-order valence-corrected chi connectivity index (χ4v) is 2.35. The summed E-state index contributed by atoms with van der Waals surface area (Å²) in [5.41, 5.74) is 0.801. The SMILES string of the molecule is Cc1cc(C(=O)N(C)CC(F)F)sc1C#CCO. The predicted octanol–water partition coefficient (Wildman–Crippen LogP) is 1.74. The van der Waals surface area contributed by atoms with Gasteiger partial charge in [0.25, 0.3) is 12.3 Å². The van der Waals surface area contributed by atoms with Crippen LogP contribution in [0.1, 0.15) is 20.1 Å². The van der Waals surface area contributed by atoms with E-state index in [1.807, 2.05) is 0 Å². The molecular formula is C12H13F2NO2S. The van der Waals surface area contributed by atoms with Crippen LogP contribution in [0.5, 0.6) is 0 Å². The van der Waals surface area contributed by atoms with E-state index in [1.165, 1.54) is 7.05 Å². The van der Waals surface area contributed by atoms with Gasteiger partial charge < -0.3 is 10.0 Å². The molecule has 0 aliphatic carbocycles. The smallest absolute Gasteiger partial charge is 0.263 e. The van der Waals surface area contributed by atoms with Gasteiger partial charge in [-0.3, -0.25) is 4.79 Å². The zero-order valence-corrected chi connectivity index (χ0v) is 10.9. The second-order valence-corrected chi connectivity index (χ2v) is 4.71. The molecule has 0 aromatic carbocycles. The van der Waals surface area contributed by atoms with Gasteiger partial charge in [-0.2, -0.15) is 0 Å². The Morgan fingerprint density at radius 2 is 2.28 bits per heavy atom. The quantitative estimate of drug-likeness (QED) is 0.852. The van der Waals surface area contributed by atoms with Gasteiger partial charge in [0.1, 0.15) is 6.61 Å². The lowest BCUT2D eigenvalue weighted by molar-refractivity contribution is 0.0624. The molecule has 1 aromatic rings. The highest BCUT2D eigenvalue weighted by molar-refractivity contribution is 7.14. The zero-order chi connectivity index (χ0) is 13.7. The molecule has 0 saturated heterocycles. The molecule has 1 aromatic heterocycles. The fraction of sp³-hybridized carbons (Fsp3) is 0.417. The largest absolute Gasteiger partial charge is 0.384 e. The van der Waals surface area contributed by atoms with Crippen LogP contribution in [0.4, 0.5) is 8.78 Å². The van der Waals surface area contributed by atoms with Crippen molar-refractivity contribution in [2.45, 2.75) is 13.3 Å². The minimum atomic E-state index is -2.55. The van der Waals surface area contributed by atoms with Gasteiger partial charge in [0.2, 0.25) is 0 Å². The molecule has 1 heterocycles. The van der Waals surface area contributed by atoms with E-state index >= 15 is 0 Å². The van der Waals surface area contributed by atoms with E-state index in [0.717, 1.165) is 21.8 Å². The van der Waals surface area contributed by atoms with Crippen molar-refractivity contribution in [3.05, 3.63) is 21.4 Å². The third kappa shape index (κ3) is 3.79. The van der Waals surface area contributed by atoms with Crippen molar-refractivity contribution in [3.8, 4) is 11.8 Å². The molecule has 6 heteroatoms. The van der Waals surface area contributed by atoms with Gasteiger partial charge in [0, 0.05) is 7.05 Å². The topological polar surface area (TPSA) is 40.5 Å². The first-order valence-electron chi connectivity index (χ1n) is 5.19. The molecule has 1 amide bonds. The molecule has 1 rings (SSSR count). The van der Waals surface area contributed by atoms with E-state index in [2.05, 4.69) is 11.8 Å². The fourth-order valence-electron chi connectivity index (χ4n) is 1.31. The summed E-state index contributed by atoms with van der Waals surface area (Å²) in [5, 5.41) is 8.59. The van der Waals surface area contributed by atoms with Crippen LogP contribution in [-0.4, -0.2) is 42.5 Å². The molecular weight excluding hydrogens is 260 g/mol. The van der Waals surface area contributed by atoms with E-state index in [4.69, 9.17) is 5.11 Å². The van der Waals surface area contributed by atoms with Gasteiger partial charge in [-0.1, -0.05) is 11.8 Å². The third-order valence-electron chi connectivity index (χ3n) is 2.17. The highest BCUT2D eigenvalue weighted by atomic mass is 32.1. The van der Waals surface area contributed by atoms with Crippen molar-refractivity contribution in [2.24, 2.45) is 0 Å². The normalized spacial score (nSPS) is 10.1. The molecule has 1 N–H and O–H groups in total. The van der Waals surface area contributed by atoms with Crippen molar-refractivity contribution in [3.63, 3.8) is 0 Å². The summed E-state index contributed by atoms with van der Waals surface area (Å²) in [6, 6.07) is 1.62. The summed E-state index contributed by atoms with van der Waals surface area (Å²) in [4.78, 5) is 13.8. The van der Waals surface area contributed by atoms with Crippen LogP contribution in [0.15, 0.2) is 6.07 Å². The van der Waals surface area contributed by atoms with E-state index in [9.17, 15) is 13.6 Å². The average molecular weight is 273 g/mol. The Labute approximate surface area is 108 Å². The molecule has 0 spiro atoms. The molecule has 98 valence electrons. The Morgan fingerprint density at radius 3 is 2.83 bits per heavy atom. The summed E-state index contributed by atoms with van der Waals surface area (Å²) >= 11 is 1.14. The first-order chi connectivity index (χ1) is 8.45. The second kappa shape index (κ2) is 6.47. The minimum Gasteiger partial charge on any atom is -0.384 e. The molecule has 0 aliphatic heterocycles. The molecule has 0 radical (unpaired) electrons. The molecule has 0 aliphatic rings. The van der Waals surface area contributed by atoms with Crippen LogP contribution in [0.2, 0.25) is 0 Å². The monoisotopic (exact) mass is 273 g/mol. The number of aliphatic hydroxyl groups excluding tert-OH is 1. The second-order valence-electron chi connectivity index (χ2n) is 3.66. The summed E-state index contributed by atoms with van der Waals surface area (Å²) in [6.07, 6.45) is -2.55. The molecule has 3 nitrogen and oxygen atoms in total. The van der Waals surface area contributed by atoms with Gasteiger partial charge in [-0.15, -0.1) is 11.3 Å². The first kappa shape index (κ1) is 14.6. The number of carbonyl (C=O) groups is 1. The number of carbonyl (C=O) groups excluding carboxylic acids is 1. The maximum absolute atomic E-state index is 12.2. The number of hydrogen-bond donors (Lipinski definition) is 1. The molecule has 0 unspecified atom stereocenters. The number of amides is 1. The van der Waals surface area contributed by atoms with Gasteiger partial charge in [0.15, 0.2) is 0 Å². The van der Waals surface area contributed by atoms with E-state index in [-0.39, 0.29) is 6.61 Å². The molecule has 0 atom stereocenters. The van der Waals surface area contributed by atoms with Crippen molar-refractivity contribution in [1.29, 1.82) is 0 Å². The molecule has 0 fully saturated rings. The van der Waals surface area contributed by atoms with Crippen LogP contribution >= 0.6 is 11.3 Å². The van der Waals surface area contributed by atoms with Gasteiger partial charge in [0.05, 0.1) is 16.3 Å². The Balaban J connectivity index is 2.87. The number of halogens is 2.